The van der Waals surface area contributed by atoms with E-state index in [1.807, 2.05) is 60.0 Å². The van der Waals surface area contributed by atoms with Crippen molar-refractivity contribution in [2.45, 2.75) is 24.2 Å². The third-order valence-electron chi connectivity index (χ3n) is 4.44. The summed E-state index contributed by atoms with van der Waals surface area (Å²) < 4.78 is 6.03. The molecule has 0 atom stereocenters. The Morgan fingerprint density at radius 3 is 2.43 bits per heavy atom. The molecule has 0 radical (unpaired) electrons. The Labute approximate surface area is 174 Å². The van der Waals surface area contributed by atoms with E-state index in [1.165, 1.54) is 28.9 Å². The fourth-order valence-electron chi connectivity index (χ4n) is 3.10. The molecule has 1 aliphatic rings. The summed E-state index contributed by atoms with van der Waals surface area (Å²) >= 11 is 0. The second-order valence-electron chi connectivity index (χ2n) is 6.47. The highest BCUT2D eigenvalue weighted by atomic mass is 33.1. The van der Waals surface area contributed by atoms with Crippen LogP contribution in [0.5, 0.6) is 5.75 Å². The van der Waals surface area contributed by atoms with Crippen molar-refractivity contribution in [1.82, 2.24) is 0 Å². The molecule has 0 saturated heterocycles. The van der Waals surface area contributed by atoms with E-state index in [-0.39, 0.29) is 0 Å². The summed E-state index contributed by atoms with van der Waals surface area (Å²) in [6, 6.07) is 26.6. The summed E-state index contributed by atoms with van der Waals surface area (Å²) in [7, 11) is 3.36. The average molecular weight is 404 g/mol. The molecule has 28 heavy (non-hydrogen) atoms. The molecule has 0 N–H and O–H groups in total. The minimum atomic E-state index is 0.588. The van der Waals surface area contributed by atoms with Crippen LogP contribution < -0.4 is 4.74 Å². The molecule has 2 nitrogen and oxygen atoms in total. The van der Waals surface area contributed by atoms with Crippen molar-refractivity contribution >= 4 is 33.2 Å². The van der Waals surface area contributed by atoms with E-state index in [1.54, 1.807) is 21.6 Å². The first-order valence-electron chi connectivity index (χ1n) is 9.35. The van der Waals surface area contributed by atoms with Gasteiger partial charge in [0.25, 0.3) is 0 Å². The second-order valence-corrected chi connectivity index (χ2v) is 8.65. The number of benzene rings is 3. The van der Waals surface area contributed by atoms with Gasteiger partial charge in [-0.05, 0) is 72.2 Å². The van der Waals surface area contributed by atoms with Gasteiger partial charge in [0.1, 0.15) is 5.75 Å². The Morgan fingerprint density at radius 1 is 0.857 bits per heavy atom. The minimum absolute atomic E-state index is 0.588. The summed E-state index contributed by atoms with van der Waals surface area (Å²) in [4.78, 5) is 5.98. The van der Waals surface area contributed by atoms with Crippen LogP contribution in [0.2, 0.25) is 0 Å². The normalized spacial score (nSPS) is 13.6. The maximum atomic E-state index is 6.03. The van der Waals surface area contributed by atoms with Gasteiger partial charge >= 0.3 is 0 Å². The first kappa shape index (κ1) is 18.9. The molecule has 0 spiro atoms. The fraction of sp³-hybridized carbons (Fsp3) is 0.125. The lowest BCUT2D eigenvalue weighted by Gasteiger charge is -2.06. The van der Waals surface area contributed by atoms with Crippen LogP contribution in [0.1, 0.15) is 17.5 Å². The lowest BCUT2D eigenvalue weighted by molar-refractivity contribution is 0.556. The topological polar surface area (TPSA) is 21.6 Å². The number of hydrogen-bond donors (Lipinski definition) is 0. The first-order chi connectivity index (χ1) is 13.9. The van der Waals surface area contributed by atoms with Crippen LogP contribution in [-0.2, 0) is 12.8 Å². The molecular weight excluding hydrogens is 382 g/mol. The van der Waals surface area contributed by atoms with Crippen molar-refractivity contribution in [3.63, 3.8) is 0 Å². The van der Waals surface area contributed by atoms with Crippen LogP contribution in [0, 0.1) is 0 Å². The standard InChI is InChI=1S/C24H21NOS2/c1-3-10-22(11-4-1)26-24(16-17-27-28-23-12-5-2-6-13-23)25-21-15-14-19-8-7-9-20(19)18-21/h1-6,10-18H,7-9H2/b17-16+,25-24-. The molecular formula is C24H21NOS2. The highest BCUT2D eigenvalue weighted by Gasteiger charge is 2.11. The highest BCUT2D eigenvalue weighted by molar-refractivity contribution is 8.77. The fourth-order valence-corrected chi connectivity index (χ4v) is 4.71. The predicted molar refractivity (Wildman–Crippen MR) is 122 cm³/mol. The molecule has 1 aliphatic carbocycles. The van der Waals surface area contributed by atoms with Gasteiger partial charge in [-0.1, -0.05) is 64.1 Å². The van der Waals surface area contributed by atoms with E-state index >= 15 is 0 Å². The number of rotatable bonds is 6. The number of aliphatic imine (C=N–C) groups is 1. The monoisotopic (exact) mass is 403 g/mol. The maximum absolute atomic E-state index is 6.03. The predicted octanol–water partition coefficient (Wildman–Crippen LogP) is 7.24. The SMILES string of the molecule is C(=C\C(=N\c1ccc2c(c1)CCC2)Oc1ccccc1)/SSc1ccccc1. The first-order valence-corrected chi connectivity index (χ1v) is 11.6. The third-order valence-corrected chi connectivity index (χ3v) is 6.45. The van der Waals surface area contributed by atoms with Gasteiger partial charge in [-0.3, -0.25) is 0 Å². The Bertz CT molecular complexity index is 968. The van der Waals surface area contributed by atoms with Crippen LogP contribution in [0.3, 0.4) is 0 Å². The molecule has 0 bridgehead atoms. The molecule has 4 rings (SSSR count). The molecule has 3 aromatic rings. The highest BCUT2D eigenvalue weighted by Crippen LogP contribution is 2.31. The molecule has 0 aliphatic heterocycles. The lowest BCUT2D eigenvalue weighted by atomic mass is 10.1. The van der Waals surface area contributed by atoms with Gasteiger partial charge in [0.2, 0.25) is 5.90 Å². The number of fused-ring (bicyclic) bond motifs is 1. The van der Waals surface area contributed by atoms with Crippen molar-refractivity contribution in [2.75, 3.05) is 0 Å². The average Bonchev–Trinajstić information content (AvgIpc) is 3.20. The van der Waals surface area contributed by atoms with Gasteiger partial charge in [0.05, 0.1) is 5.69 Å². The van der Waals surface area contributed by atoms with E-state index in [0.29, 0.717) is 5.90 Å². The molecule has 0 fully saturated rings. The maximum Gasteiger partial charge on any atom is 0.220 e. The molecule has 0 aromatic heterocycles. The summed E-state index contributed by atoms with van der Waals surface area (Å²) in [5, 5.41) is 2.02. The number of nitrogens with zero attached hydrogens (tertiary/aromatic N) is 1. The largest absolute Gasteiger partial charge is 0.439 e. The van der Waals surface area contributed by atoms with Crippen LogP contribution in [-0.4, -0.2) is 5.90 Å². The Balaban J connectivity index is 1.50. The zero-order valence-corrected chi connectivity index (χ0v) is 17.1. The summed E-state index contributed by atoms with van der Waals surface area (Å²) in [5.41, 5.74) is 3.81. The molecule has 4 heteroatoms. The number of aryl methyl sites for hydroxylation is 2. The number of hydrogen-bond acceptors (Lipinski definition) is 4. The van der Waals surface area contributed by atoms with Crippen molar-refractivity contribution in [3.05, 3.63) is 101 Å². The molecule has 0 heterocycles. The van der Waals surface area contributed by atoms with Crippen molar-refractivity contribution in [3.8, 4) is 5.75 Å². The van der Waals surface area contributed by atoms with E-state index in [2.05, 4.69) is 30.3 Å². The van der Waals surface area contributed by atoms with E-state index in [4.69, 9.17) is 9.73 Å². The minimum Gasteiger partial charge on any atom is -0.439 e. The van der Waals surface area contributed by atoms with Crippen LogP contribution in [0.15, 0.2) is 100 Å². The molecule has 140 valence electrons. The van der Waals surface area contributed by atoms with Crippen LogP contribution in [0.4, 0.5) is 5.69 Å². The number of para-hydroxylation sites is 1. The van der Waals surface area contributed by atoms with Gasteiger partial charge in [0, 0.05) is 11.0 Å². The van der Waals surface area contributed by atoms with Gasteiger partial charge in [-0.2, -0.15) is 0 Å². The third kappa shape index (κ3) is 5.31. The summed E-state index contributed by atoms with van der Waals surface area (Å²) in [5.74, 6) is 1.37. The molecule has 0 unspecified atom stereocenters. The van der Waals surface area contributed by atoms with E-state index < -0.39 is 0 Å². The Morgan fingerprint density at radius 2 is 1.61 bits per heavy atom. The Kier molecular flexibility index (Phi) is 6.53. The summed E-state index contributed by atoms with van der Waals surface area (Å²) in [6.45, 7) is 0. The molecule has 0 amide bonds. The van der Waals surface area contributed by atoms with Crippen molar-refractivity contribution in [1.29, 1.82) is 0 Å². The van der Waals surface area contributed by atoms with Crippen molar-refractivity contribution < 1.29 is 4.74 Å². The molecule has 3 aromatic carbocycles. The van der Waals surface area contributed by atoms with E-state index in [0.717, 1.165) is 17.9 Å². The van der Waals surface area contributed by atoms with Gasteiger partial charge in [0.15, 0.2) is 0 Å². The van der Waals surface area contributed by atoms with Crippen molar-refractivity contribution in [2.24, 2.45) is 4.99 Å². The molecule has 0 saturated carbocycles. The van der Waals surface area contributed by atoms with E-state index in [9.17, 15) is 0 Å². The zero-order valence-electron chi connectivity index (χ0n) is 15.5. The number of ether oxygens (including phenoxy) is 1. The second kappa shape index (κ2) is 9.67. The van der Waals surface area contributed by atoms with Gasteiger partial charge in [-0.15, -0.1) is 0 Å². The van der Waals surface area contributed by atoms with Crippen LogP contribution >= 0.6 is 21.6 Å². The van der Waals surface area contributed by atoms with Crippen LogP contribution in [0.25, 0.3) is 0 Å². The van der Waals surface area contributed by atoms with Gasteiger partial charge < -0.3 is 4.74 Å². The zero-order chi connectivity index (χ0) is 19.0. The van der Waals surface area contributed by atoms with Gasteiger partial charge in [-0.25, -0.2) is 4.99 Å². The lowest BCUT2D eigenvalue weighted by Crippen LogP contribution is -2.04. The Hall–Kier alpha value is -2.43. The smallest absolute Gasteiger partial charge is 0.220 e. The summed E-state index contributed by atoms with van der Waals surface area (Å²) in [6.07, 6.45) is 5.50. The quantitative estimate of drug-likeness (QED) is 0.246.